The Morgan fingerprint density at radius 3 is 2.37 bits per heavy atom. The fourth-order valence-corrected chi connectivity index (χ4v) is 3.54. The normalized spacial score (nSPS) is 15.8. The van der Waals surface area contributed by atoms with E-state index < -0.39 is 6.61 Å². The first-order valence-electron chi connectivity index (χ1n) is 9.89. The molecule has 2 aromatic carbocycles. The SMILES string of the molecule is COc1ccc([C@@H](CNCc2ccc(OC(F)F)c(OC)c2)N2CCOCC2)cc1. The van der Waals surface area contributed by atoms with Gasteiger partial charge in [0.05, 0.1) is 27.4 Å². The van der Waals surface area contributed by atoms with Crippen molar-refractivity contribution in [1.29, 1.82) is 0 Å². The number of benzene rings is 2. The van der Waals surface area contributed by atoms with E-state index >= 15 is 0 Å². The van der Waals surface area contributed by atoms with Crippen molar-refractivity contribution < 1.29 is 27.7 Å². The lowest BCUT2D eigenvalue weighted by molar-refractivity contribution is -0.0512. The summed E-state index contributed by atoms with van der Waals surface area (Å²) in [6, 6.07) is 13.3. The number of methoxy groups -OCH3 is 2. The highest BCUT2D eigenvalue weighted by Gasteiger charge is 2.22. The topological polar surface area (TPSA) is 52.2 Å². The molecule has 1 atom stereocenters. The minimum Gasteiger partial charge on any atom is -0.497 e. The maximum Gasteiger partial charge on any atom is 0.387 e. The fourth-order valence-electron chi connectivity index (χ4n) is 3.54. The summed E-state index contributed by atoms with van der Waals surface area (Å²) in [5.41, 5.74) is 2.12. The van der Waals surface area contributed by atoms with Gasteiger partial charge < -0.3 is 24.3 Å². The molecule has 3 rings (SSSR count). The zero-order valence-electron chi connectivity index (χ0n) is 17.3. The number of alkyl halides is 2. The van der Waals surface area contributed by atoms with Crippen molar-refractivity contribution in [2.45, 2.75) is 19.2 Å². The molecule has 0 amide bonds. The van der Waals surface area contributed by atoms with Gasteiger partial charge in [-0.05, 0) is 35.4 Å². The van der Waals surface area contributed by atoms with Crippen LogP contribution < -0.4 is 19.5 Å². The number of rotatable bonds is 10. The van der Waals surface area contributed by atoms with E-state index in [9.17, 15) is 8.78 Å². The molecule has 1 heterocycles. The summed E-state index contributed by atoms with van der Waals surface area (Å²) in [5, 5.41) is 3.48. The number of hydrogen-bond donors (Lipinski definition) is 1. The van der Waals surface area contributed by atoms with Gasteiger partial charge in [-0.3, -0.25) is 4.90 Å². The number of halogens is 2. The lowest BCUT2D eigenvalue weighted by atomic mass is 10.0. The number of hydrogen-bond acceptors (Lipinski definition) is 6. The lowest BCUT2D eigenvalue weighted by Crippen LogP contribution is -2.42. The quantitative estimate of drug-likeness (QED) is 0.633. The van der Waals surface area contributed by atoms with Crippen molar-refractivity contribution >= 4 is 0 Å². The predicted molar refractivity (Wildman–Crippen MR) is 109 cm³/mol. The van der Waals surface area contributed by atoms with Crippen molar-refractivity contribution in [2.75, 3.05) is 47.1 Å². The maximum absolute atomic E-state index is 12.5. The Labute approximate surface area is 175 Å². The Hall–Kier alpha value is -2.42. The predicted octanol–water partition coefficient (Wildman–Crippen LogP) is 3.47. The van der Waals surface area contributed by atoms with Crippen LogP contribution in [0.3, 0.4) is 0 Å². The summed E-state index contributed by atoms with van der Waals surface area (Å²) in [6.07, 6.45) is 0. The number of nitrogens with one attached hydrogen (secondary N) is 1. The van der Waals surface area contributed by atoms with E-state index in [0.717, 1.165) is 44.2 Å². The third kappa shape index (κ3) is 6.04. The second kappa shape index (κ2) is 11.1. The van der Waals surface area contributed by atoms with Gasteiger partial charge in [-0.2, -0.15) is 8.78 Å². The summed E-state index contributed by atoms with van der Waals surface area (Å²) < 4.78 is 45.4. The smallest absolute Gasteiger partial charge is 0.387 e. The minimum absolute atomic E-state index is 0.0284. The molecule has 1 aliphatic rings. The molecule has 30 heavy (non-hydrogen) atoms. The largest absolute Gasteiger partial charge is 0.497 e. The van der Waals surface area contributed by atoms with E-state index in [1.165, 1.54) is 18.7 Å². The van der Waals surface area contributed by atoms with Crippen molar-refractivity contribution in [2.24, 2.45) is 0 Å². The molecule has 2 aromatic rings. The van der Waals surface area contributed by atoms with Crippen LogP contribution in [0.1, 0.15) is 17.2 Å². The van der Waals surface area contributed by atoms with Gasteiger partial charge in [0.25, 0.3) is 0 Å². The van der Waals surface area contributed by atoms with Gasteiger partial charge in [0.15, 0.2) is 11.5 Å². The van der Waals surface area contributed by atoms with E-state index in [4.69, 9.17) is 14.2 Å². The van der Waals surface area contributed by atoms with Gasteiger partial charge in [0, 0.05) is 32.2 Å². The minimum atomic E-state index is -2.89. The van der Waals surface area contributed by atoms with Crippen LogP contribution in [0.2, 0.25) is 0 Å². The summed E-state index contributed by atoms with van der Waals surface area (Å²) in [5.74, 6) is 1.14. The van der Waals surface area contributed by atoms with Crippen molar-refractivity contribution in [3.63, 3.8) is 0 Å². The molecule has 0 aliphatic carbocycles. The van der Waals surface area contributed by atoms with E-state index in [2.05, 4.69) is 27.1 Å². The standard InChI is InChI=1S/C22H28F2N2O4/c1-27-18-6-4-17(5-7-18)19(26-9-11-29-12-10-26)15-25-14-16-3-8-20(30-22(23)24)21(13-16)28-2/h3-8,13,19,22,25H,9-12,14-15H2,1-2H3/t19-/m1/s1. The Kier molecular flexibility index (Phi) is 8.24. The molecule has 6 nitrogen and oxygen atoms in total. The highest BCUT2D eigenvalue weighted by atomic mass is 19.3. The molecule has 1 fully saturated rings. The third-order valence-electron chi connectivity index (χ3n) is 5.10. The Bertz CT molecular complexity index is 783. The lowest BCUT2D eigenvalue weighted by Gasteiger charge is -2.35. The van der Waals surface area contributed by atoms with Crippen molar-refractivity contribution in [3.8, 4) is 17.2 Å². The molecule has 0 spiro atoms. The molecule has 1 aliphatic heterocycles. The first-order valence-corrected chi connectivity index (χ1v) is 9.89. The molecule has 0 radical (unpaired) electrons. The molecule has 164 valence electrons. The van der Waals surface area contributed by atoms with Crippen molar-refractivity contribution in [1.82, 2.24) is 10.2 Å². The fraction of sp³-hybridized carbons (Fsp3) is 0.455. The van der Waals surface area contributed by atoms with Crippen LogP contribution in [0.15, 0.2) is 42.5 Å². The molecule has 1 saturated heterocycles. The monoisotopic (exact) mass is 422 g/mol. The highest BCUT2D eigenvalue weighted by Crippen LogP contribution is 2.29. The van der Waals surface area contributed by atoms with E-state index in [1.54, 1.807) is 19.2 Å². The number of ether oxygens (including phenoxy) is 4. The molecule has 0 aromatic heterocycles. The molecule has 0 bridgehead atoms. The second-order valence-electron chi connectivity index (χ2n) is 6.93. The molecule has 1 N–H and O–H groups in total. The van der Waals surface area contributed by atoms with Crippen LogP contribution >= 0.6 is 0 Å². The van der Waals surface area contributed by atoms with Crippen LogP contribution in [0, 0.1) is 0 Å². The first-order chi connectivity index (χ1) is 14.6. The van der Waals surface area contributed by atoms with Crippen LogP contribution in [-0.4, -0.2) is 58.6 Å². The third-order valence-corrected chi connectivity index (χ3v) is 5.10. The summed E-state index contributed by atoms with van der Waals surface area (Å²) in [4.78, 5) is 2.40. The zero-order chi connectivity index (χ0) is 21.3. The zero-order valence-corrected chi connectivity index (χ0v) is 17.3. The molecule has 0 unspecified atom stereocenters. The first kappa shape index (κ1) is 22.3. The summed E-state index contributed by atoms with van der Waals surface area (Å²) >= 11 is 0. The van der Waals surface area contributed by atoms with Crippen LogP contribution in [0.4, 0.5) is 8.78 Å². The van der Waals surface area contributed by atoms with Crippen LogP contribution in [0.5, 0.6) is 17.2 Å². The average molecular weight is 422 g/mol. The van der Waals surface area contributed by atoms with Crippen molar-refractivity contribution in [3.05, 3.63) is 53.6 Å². The maximum atomic E-state index is 12.5. The molecular weight excluding hydrogens is 394 g/mol. The molecular formula is C22H28F2N2O4. The Balaban J connectivity index is 1.66. The summed E-state index contributed by atoms with van der Waals surface area (Å²) in [7, 11) is 3.09. The second-order valence-corrected chi connectivity index (χ2v) is 6.93. The van der Waals surface area contributed by atoms with Crippen LogP contribution in [-0.2, 0) is 11.3 Å². The van der Waals surface area contributed by atoms with Gasteiger partial charge in [-0.25, -0.2) is 0 Å². The van der Waals surface area contributed by atoms with E-state index in [-0.39, 0.29) is 17.5 Å². The molecule has 0 saturated carbocycles. The van der Waals surface area contributed by atoms with Gasteiger partial charge >= 0.3 is 6.61 Å². The van der Waals surface area contributed by atoms with E-state index in [0.29, 0.717) is 6.54 Å². The summed E-state index contributed by atoms with van der Waals surface area (Å²) in [6.45, 7) is 1.58. The highest BCUT2D eigenvalue weighted by molar-refractivity contribution is 5.43. The average Bonchev–Trinajstić information content (AvgIpc) is 2.78. The van der Waals surface area contributed by atoms with Gasteiger partial charge in [0.2, 0.25) is 0 Å². The van der Waals surface area contributed by atoms with Gasteiger partial charge in [0.1, 0.15) is 5.75 Å². The Morgan fingerprint density at radius 1 is 1.00 bits per heavy atom. The van der Waals surface area contributed by atoms with Gasteiger partial charge in [-0.15, -0.1) is 0 Å². The molecule has 8 heteroatoms. The Morgan fingerprint density at radius 2 is 1.73 bits per heavy atom. The van der Waals surface area contributed by atoms with Crippen LogP contribution in [0.25, 0.3) is 0 Å². The number of nitrogens with zero attached hydrogens (tertiary/aromatic N) is 1. The van der Waals surface area contributed by atoms with E-state index in [1.807, 2.05) is 12.1 Å². The van der Waals surface area contributed by atoms with Gasteiger partial charge in [-0.1, -0.05) is 18.2 Å². The number of morpholine rings is 1.